The number of ether oxygens (including phenoxy) is 1. The summed E-state index contributed by atoms with van der Waals surface area (Å²) in [5.41, 5.74) is 1.51. The molecule has 0 aliphatic carbocycles. The van der Waals surface area contributed by atoms with Crippen LogP contribution in [0.15, 0.2) is 39.3 Å². The molecule has 0 amide bonds. The largest absolute Gasteiger partial charge is 0.487 e. The Hall–Kier alpha value is -0.460. The van der Waals surface area contributed by atoms with Gasteiger partial charge in [0.2, 0.25) is 0 Å². The van der Waals surface area contributed by atoms with Gasteiger partial charge in [0.25, 0.3) is 0 Å². The lowest BCUT2D eigenvalue weighted by Crippen LogP contribution is -1.99. The first kappa shape index (κ1) is 15.9. The first-order valence-corrected chi connectivity index (χ1v) is 8.32. The number of hydrogen-bond acceptors (Lipinski definition) is 1. The van der Waals surface area contributed by atoms with Crippen molar-refractivity contribution in [3.05, 3.63) is 62.0 Å². The van der Waals surface area contributed by atoms with E-state index in [-0.39, 0.29) is 6.61 Å². The van der Waals surface area contributed by atoms with Crippen LogP contribution in [0.3, 0.4) is 0 Å². The molecule has 0 atom stereocenters. The fourth-order valence-electron chi connectivity index (χ4n) is 1.68. The molecule has 106 valence electrons. The molecule has 0 N–H and O–H groups in total. The molecule has 0 saturated heterocycles. The van der Waals surface area contributed by atoms with Gasteiger partial charge in [0.1, 0.15) is 24.0 Å². The number of hydrogen-bond donors (Lipinski definition) is 0. The summed E-state index contributed by atoms with van der Waals surface area (Å²) in [6, 6.07) is 7.16. The van der Waals surface area contributed by atoms with Gasteiger partial charge in [0, 0.05) is 11.4 Å². The van der Waals surface area contributed by atoms with Gasteiger partial charge in [-0.15, -0.1) is 0 Å². The fraction of sp³-hybridized carbons (Fsp3) is 0.143. The Morgan fingerprint density at radius 2 is 1.40 bits per heavy atom. The summed E-state index contributed by atoms with van der Waals surface area (Å²) in [5, 5.41) is 0.722. The average molecular weight is 471 g/mol. The molecule has 1 nitrogen and oxygen atoms in total. The van der Waals surface area contributed by atoms with Crippen LogP contribution in [-0.2, 0) is 11.9 Å². The summed E-state index contributed by atoms with van der Waals surface area (Å²) < 4.78 is 33.4. The van der Waals surface area contributed by atoms with Gasteiger partial charge in [0.15, 0.2) is 0 Å². The minimum atomic E-state index is -0.614. The highest BCUT2D eigenvalue weighted by atomic mass is 79.9. The van der Waals surface area contributed by atoms with Crippen LogP contribution in [0.2, 0.25) is 0 Å². The van der Waals surface area contributed by atoms with Crippen molar-refractivity contribution in [1.29, 1.82) is 0 Å². The second-order valence-electron chi connectivity index (χ2n) is 4.09. The van der Waals surface area contributed by atoms with Crippen molar-refractivity contribution in [2.75, 3.05) is 0 Å². The molecule has 0 aliphatic heterocycles. The highest BCUT2D eigenvalue weighted by molar-refractivity contribution is 9.11. The van der Waals surface area contributed by atoms with E-state index in [1.807, 2.05) is 12.1 Å². The molecular formula is C14H9Br3F2O. The number of rotatable bonds is 4. The van der Waals surface area contributed by atoms with Crippen LogP contribution in [0.1, 0.15) is 11.1 Å². The third kappa shape index (κ3) is 4.02. The lowest BCUT2D eigenvalue weighted by atomic mass is 10.2. The van der Waals surface area contributed by atoms with Crippen molar-refractivity contribution in [1.82, 2.24) is 0 Å². The van der Waals surface area contributed by atoms with E-state index in [0.29, 0.717) is 11.3 Å². The first-order chi connectivity index (χ1) is 9.49. The van der Waals surface area contributed by atoms with Gasteiger partial charge in [0.05, 0.1) is 8.95 Å². The first-order valence-electron chi connectivity index (χ1n) is 5.61. The van der Waals surface area contributed by atoms with Gasteiger partial charge < -0.3 is 4.74 Å². The maximum atomic E-state index is 13.1. The highest BCUT2D eigenvalue weighted by Crippen LogP contribution is 2.35. The van der Waals surface area contributed by atoms with Crippen LogP contribution in [-0.4, -0.2) is 0 Å². The molecule has 6 heteroatoms. The zero-order valence-corrected chi connectivity index (χ0v) is 14.9. The van der Waals surface area contributed by atoms with Crippen molar-refractivity contribution in [2.24, 2.45) is 0 Å². The van der Waals surface area contributed by atoms with E-state index in [1.165, 1.54) is 12.1 Å². The molecule has 20 heavy (non-hydrogen) atoms. The summed E-state index contributed by atoms with van der Waals surface area (Å²) in [6.07, 6.45) is 0. The minimum absolute atomic E-state index is 0.0829. The maximum absolute atomic E-state index is 13.1. The standard InChI is InChI=1S/C14H9Br3F2O/c15-6-8-3-12(16)14(13(17)4-8)20-7-9-1-10(18)5-11(19)2-9/h1-5H,6-7H2. The molecule has 0 radical (unpaired) electrons. The van der Waals surface area contributed by atoms with Crippen molar-refractivity contribution < 1.29 is 13.5 Å². The van der Waals surface area contributed by atoms with Crippen LogP contribution in [0.25, 0.3) is 0 Å². The predicted octanol–water partition coefficient (Wildman–Crippen LogP) is 5.96. The summed E-state index contributed by atoms with van der Waals surface area (Å²) in [7, 11) is 0. The second kappa shape index (κ2) is 7.00. The van der Waals surface area contributed by atoms with Crippen LogP contribution in [0.5, 0.6) is 5.75 Å². The second-order valence-corrected chi connectivity index (χ2v) is 6.36. The van der Waals surface area contributed by atoms with Gasteiger partial charge in [-0.2, -0.15) is 0 Å². The van der Waals surface area contributed by atoms with Crippen molar-refractivity contribution in [2.45, 2.75) is 11.9 Å². The fourth-order valence-corrected chi connectivity index (χ4v) is 3.51. The Labute approximate surface area is 140 Å². The SMILES string of the molecule is Fc1cc(F)cc(COc2c(Br)cc(CBr)cc2Br)c1. The quantitative estimate of drug-likeness (QED) is 0.501. The van der Waals surface area contributed by atoms with E-state index >= 15 is 0 Å². The number of halogens is 5. The van der Waals surface area contributed by atoms with E-state index in [4.69, 9.17) is 4.74 Å². The Bertz CT molecular complexity index is 589. The maximum Gasteiger partial charge on any atom is 0.148 e. The van der Waals surface area contributed by atoms with E-state index in [1.54, 1.807) is 0 Å². The summed E-state index contributed by atoms with van der Waals surface area (Å²) in [6.45, 7) is 0.0829. The third-order valence-electron chi connectivity index (χ3n) is 2.52. The van der Waals surface area contributed by atoms with Crippen molar-refractivity contribution in [3.8, 4) is 5.75 Å². The molecule has 2 aromatic carbocycles. The Morgan fingerprint density at radius 1 is 0.850 bits per heavy atom. The smallest absolute Gasteiger partial charge is 0.148 e. The zero-order valence-electron chi connectivity index (χ0n) is 10.1. The summed E-state index contributed by atoms with van der Waals surface area (Å²) in [4.78, 5) is 0. The molecule has 2 rings (SSSR count). The molecule has 0 spiro atoms. The topological polar surface area (TPSA) is 9.23 Å². The van der Waals surface area contributed by atoms with Crippen LogP contribution in [0, 0.1) is 11.6 Å². The number of alkyl halides is 1. The lowest BCUT2D eigenvalue weighted by molar-refractivity contribution is 0.301. The molecule has 0 bridgehead atoms. The minimum Gasteiger partial charge on any atom is -0.487 e. The van der Waals surface area contributed by atoms with Crippen LogP contribution < -0.4 is 4.74 Å². The third-order valence-corrected chi connectivity index (χ3v) is 4.34. The Morgan fingerprint density at radius 3 is 1.90 bits per heavy atom. The van der Waals surface area contributed by atoms with E-state index in [2.05, 4.69) is 47.8 Å². The van der Waals surface area contributed by atoms with Crippen LogP contribution >= 0.6 is 47.8 Å². The monoisotopic (exact) mass is 468 g/mol. The van der Waals surface area contributed by atoms with Gasteiger partial charge >= 0.3 is 0 Å². The Balaban J connectivity index is 2.18. The average Bonchev–Trinajstić information content (AvgIpc) is 2.36. The lowest BCUT2D eigenvalue weighted by Gasteiger charge is -2.12. The van der Waals surface area contributed by atoms with Gasteiger partial charge in [-0.05, 0) is 67.3 Å². The molecule has 0 unspecified atom stereocenters. The van der Waals surface area contributed by atoms with Gasteiger partial charge in [-0.3, -0.25) is 0 Å². The molecule has 0 fully saturated rings. The van der Waals surface area contributed by atoms with E-state index in [0.717, 1.165) is 25.9 Å². The van der Waals surface area contributed by atoms with E-state index < -0.39 is 11.6 Å². The molecule has 2 aromatic rings. The summed E-state index contributed by atoms with van der Waals surface area (Å²) >= 11 is 10.2. The predicted molar refractivity (Wildman–Crippen MR) is 85.2 cm³/mol. The van der Waals surface area contributed by atoms with Crippen LogP contribution in [0.4, 0.5) is 8.78 Å². The summed E-state index contributed by atoms with van der Waals surface area (Å²) in [5.74, 6) is -0.632. The molecule has 0 aromatic heterocycles. The number of benzene rings is 2. The normalized spacial score (nSPS) is 10.7. The highest BCUT2D eigenvalue weighted by Gasteiger charge is 2.10. The van der Waals surface area contributed by atoms with Crippen molar-refractivity contribution in [3.63, 3.8) is 0 Å². The van der Waals surface area contributed by atoms with E-state index in [9.17, 15) is 8.78 Å². The molecule has 0 aliphatic rings. The van der Waals surface area contributed by atoms with Gasteiger partial charge in [-0.25, -0.2) is 8.78 Å². The van der Waals surface area contributed by atoms with Crippen molar-refractivity contribution >= 4 is 47.8 Å². The molecule has 0 heterocycles. The Kier molecular flexibility index (Phi) is 5.57. The molecular weight excluding hydrogens is 462 g/mol. The zero-order chi connectivity index (χ0) is 14.7. The molecule has 0 saturated carbocycles. The van der Waals surface area contributed by atoms with Gasteiger partial charge in [-0.1, -0.05) is 15.9 Å².